The van der Waals surface area contributed by atoms with Crippen molar-refractivity contribution < 1.29 is 0 Å². The fraction of sp³-hybridized carbons (Fsp3) is 0. The summed E-state index contributed by atoms with van der Waals surface area (Å²) >= 11 is 0. The van der Waals surface area contributed by atoms with Crippen LogP contribution in [0, 0.1) is 0 Å². The summed E-state index contributed by atoms with van der Waals surface area (Å²) in [5.41, 5.74) is 25.9. The lowest BCUT2D eigenvalue weighted by Crippen LogP contribution is -1.90. The van der Waals surface area contributed by atoms with Crippen LogP contribution in [-0.4, -0.2) is 29.9 Å². The maximum absolute atomic E-state index is 4.89. The summed E-state index contributed by atoms with van der Waals surface area (Å²) < 4.78 is 0. The molecule has 6 nitrogen and oxygen atoms in total. The standard InChI is InChI=1S/C72H48N6/c1-10-49(59-20-6-24-73-41-59)28-53(14-1)63-33-64(54-15-2-11-50(29-54)60-21-7-25-74-42-60)36-67(35-63)71-39-69(45-77-47-71)57-18-5-19-58(32-57)70-40-72(48-78-46-70)68-37-65(55-16-3-12-51(30-55)61-22-8-26-75-43-61)34-66(38-68)56-17-4-13-52(31-56)62-23-9-27-76-44-62/h1-48H. The highest BCUT2D eigenvalue weighted by molar-refractivity contribution is 5.88. The maximum Gasteiger partial charge on any atom is 0.0346 e. The predicted octanol–water partition coefficient (Wildman–Crippen LogP) is 18.1. The molecule has 0 saturated heterocycles. The van der Waals surface area contributed by atoms with E-state index in [-0.39, 0.29) is 0 Å². The van der Waals surface area contributed by atoms with Gasteiger partial charge in [0.15, 0.2) is 0 Å². The molecule has 6 aromatic heterocycles. The zero-order chi connectivity index (χ0) is 52.0. The first-order valence-corrected chi connectivity index (χ1v) is 26.0. The fourth-order valence-electron chi connectivity index (χ4n) is 10.3. The molecule has 0 radical (unpaired) electrons. The van der Waals surface area contributed by atoms with Gasteiger partial charge in [0.2, 0.25) is 0 Å². The predicted molar refractivity (Wildman–Crippen MR) is 318 cm³/mol. The molecule has 0 aliphatic carbocycles. The number of nitrogens with zero attached hydrogens (tertiary/aromatic N) is 6. The molecule has 0 aliphatic rings. The molecular weight excluding hydrogens is 949 g/mol. The monoisotopic (exact) mass is 996 g/mol. The highest BCUT2D eigenvalue weighted by atomic mass is 14.6. The summed E-state index contributed by atoms with van der Waals surface area (Å²) in [5.74, 6) is 0. The number of aromatic nitrogens is 6. The van der Waals surface area contributed by atoms with E-state index in [0.29, 0.717) is 0 Å². The van der Waals surface area contributed by atoms with Crippen LogP contribution in [0.1, 0.15) is 0 Å². The van der Waals surface area contributed by atoms with E-state index in [1.807, 2.05) is 98.6 Å². The average Bonchev–Trinajstić information content (AvgIpc) is 3.56. The Hall–Kier alpha value is -10.6. The van der Waals surface area contributed by atoms with Gasteiger partial charge in [0, 0.05) is 119 Å². The molecule has 0 spiro atoms. The van der Waals surface area contributed by atoms with Crippen molar-refractivity contribution in [2.24, 2.45) is 0 Å². The largest absolute Gasteiger partial charge is 0.264 e. The molecule has 0 unspecified atom stereocenters. The van der Waals surface area contributed by atoms with Crippen LogP contribution in [0.15, 0.2) is 293 Å². The van der Waals surface area contributed by atoms with E-state index in [1.54, 1.807) is 0 Å². The molecule has 7 aromatic carbocycles. The third-order valence-corrected chi connectivity index (χ3v) is 14.3. The van der Waals surface area contributed by atoms with Gasteiger partial charge >= 0.3 is 0 Å². The third-order valence-electron chi connectivity index (χ3n) is 14.3. The molecule has 0 N–H and O–H groups in total. The van der Waals surface area contributed by atoms with Crippen molar-refractivity contribution in [3.05, 3.63) is 293 Å². The van der Waals surface area contributed by atoms with Crippen LogP contribution >= 0.6 is 0 Å². The van der Waals surface area contributed by atoms with E-state index in [9.17, 15) is 0 Å². The molecule has 0 aliphatic heterocycles. The molecule has 0 saturated carbocycles. The second-order valence-electron chi connectivity index (χ2n) is 19.4. The van der Waals surface area contributed by atoms with E-state index in [0.717, 1.165) is 134 Å². The zero-order valence-corrected chi connectivity index (χ0v) is 42.4. The Morgan fingerprint density at radius 2 is 0.282 bits per heavy atom. The third kappa shape index (κ3) is 10.2. The van der Waals surface area contributed by atoms with Gasteiger partial charge < -0.3 is 0 Å². The van der Waals surface area contributed by atoms with E-state index in [4.69, 9.17) is 9.97 Å². The number of benzene rings is 7. The summed E-state index contributed by atoms with van der Waals surface area (Å²) in [7, 11) is 0. The number of hydrogen-bond acceptors (Lipinski definition) is 6. The molecule has 0 amide bonds. The first-order chi connectivity index (χ1) is 38.6. The Kier molecular flexibility index (Phi) is 12.9. The fourth-order valence-corrected chi connectivity index (χ4v) is 10.3. The minimum atomic E-state index is 1.02. The van der Waals surface area contributed by atoms with Gasteiger partial charge in [0.05, 0.1) is 0 Å². The lowest BCUT2D eigenvalue weighted by atomic mass is 9.91. The van der Waals surface area contributed by atoms with E-state index < -0.39 is 0 Å². The topological polar surface area (TPSA) is 77.3 Å². The Bertz CT molecular complexity index is 3780. The Morgan fingerprint density at radius 1 is 0.128 bits per heavy atom. The second kappa shape index (κ2) is 21.4. The van der Waals surface area contributed by atoms with E-state index in [1.165, 1.54) is 0 Å². The van der Waals surface area contributed by atoms with Gasteiger partial charge in [-0.1, -0.05) is 115 Å². The van der Waals surface area contributed by atoms with Crippen LogP contribution in [-0.2, 0) is 0 Å². The molecule has 0 atom stereocenters. The van der Waals surface area contributed by atoms with Crippen molar-refractivity contribution in [2.75, 3.05) is 0 Å². The van der Waals surface area contributed by atoms with Gasteiger partial charge in [-0.05, 0) is 192 Å². The number of pyridine rings is 6. The molecule has 6 heteroatoms. The first kappa shape index (κ1) is 47.2. The number of rotatable bonds is 12. The molecule has 366 valence electrons. The van der Waals surface area contributed by atoms with Crippen molar-refractivity contribution in [1.29, 1.82) is 0 Å². The molecular formula is C72H48N6. The van der Waals surface area contributed by atoms with Crippen LogP contribution in [0.2, 0.25) is 0 Å². The summed E-state index contributed by atoms with van der Waals surface area (Å²) in [5, 5.41) is 0. The normalized spacial score (nSPS) is 11.1. The van der Waals surface area contributed by atoms with Crippen LogP contribution in [0.5, 0.6) is 0 Å². The van der Waals surface area contributed by atoms with Crippen LogP contribution in [0.4, 0.5) is 0 Å². The first-order valence-electron chi connectivity index (χ1n) is 26.0. The number of hydrogen-bond donors (Lipinski definition) is 0. The molecule has 6 heterocycles. The maximum atomic E-state index is 4.89. The van der Waals surface area contributed by atoms with Gasteiger partial charge in [-0.2, -0.15) is 0 Å². The van der Waals surface area contributed by atoms with Crippen LogP contribution < -0.4 is 0 Å². The Labute approximate surface area is 453 Å². The van der Waals surface area contributed by atoms with Crippen LogP contribution in [0.3, 0.4) is 0 Å². The lowest BCUT2D eigenvalue weighted by Gasteiger charge is -2.14. The van der Waals surface area contributed by atoms with Crippen molar-refractivity contribution >= 4 is 0 Å². The summed E-state index contributed by atoms with van der Waals surface area (Å²) in [6.45, 7) is 0. The van der Waals surface area contributed by atoms with Gasteiger partial charge in [-0.25, -0.2) is 0 Å². The van der Waals surface area contributed by atoms with Gasteiger partial charge in [-0.3, -0.25) is 29.9 Å². The average molecular weight is 997 g/mol. The van der Waals surface area contributed by atoms with E-state index in [2.05, 4.69) is 214 Å². The Morgan fingerprint density at radius 3 is 0.513 bits per heavy atom. The quantitative estimate of drug-likeness (QED) is 0.121. The minimum Gasteiger partial charge on any atom is -0.264 e. The van der Waals surface area contributed by atoms with Crippen molar-refractivity contribution in [1.82, 2.24) is 29.9 Å². The second-order valence-corrected chi connectivity index (χ2v) is 19.4. The zero-order valence-electron chi connectivity index (χ0n) is 42.4. The summed E-state index contributed by atoms with van der Waals surface area (Å²) in [6, 6.07) is 78.0. The molecule has 78 heavy (non-hydrogen) atoms. The van der Waals surface area contributed by atoms with E-state index >= 15 is 0 Å². The molecule has 0 bridgehead atoms. The summed E-state index contributed by atoms with van der Waals surface area (Å²) in [4.78, 5) is 27.4. The molecule has 13 rings (SSSR count). The molecule has 0 fully saturated rings. The van der Waals surface area contributed by atoms with Gasteiger partial charge in [-0.15, -0.1) is 0 Å². The van der Waals surface area contributed by atoms with Gasteiger partial charge in [0.25, 0.3) is 0 Å². The highest BCUT2D eigenvalue weighted by Gasteiger charge is 2.15. The molecule has 13 aromatic rings. The Balaban J connectivity index is 0.867. The van der Waals surface area contributed by atoms with Crippen molar-refractivity contribution in [3.8, 4) is 134 Å². The van der Waals surface area contributed by atoms with Crippen molar-refractivity contribution in [2.45, 2.75) is 0 Å². The smallest absolute Gasteiger partial charge is 0.0346 e. The van der Waals surface area contributed by atoms with Gasteiger partial charge in [0.1, 0.15) is 0 Å². The van der Waals surface area contributed by atoms with Crippen molar-refractivity contribution in [3.63, 3.8) is 0 Å². The van der Waals surface area contributed by atoms with Crippen LogP contribution in [0.25, 0.3) is 134 Å². The summed E-state index contributed by atoms with van der Waals surface area (Å²) in [6.07, 6.45) is 22.7. The SMILES string of the molecule is c1cncc(-c2cccc(-c3cc(-c4cccc(-c5cccnc5)c4)cc(-c4cncc(-c5cccc(-c6cncc(-c7cc(-c8cccc(-c9cccnc9)c8)cc(-c8cccc(-c9cccnc9)c8)c7)c6)c5)c4)c3)c2)c1. The highest BCUT2D eigenvalue weighted by Crippen LogP contribution is 2.40. The minimum absolute atomic E-state index is 1.02. The lowest BCUT2D eigenvalue weighted by molar-refractivity contribution is 1.32.